The molecule has 0 aliphatic rings. The maximum atomic E-state index is 11.9. The molecule has 0 aliphatic heterocycles. The Kier molecular flexibility index (Phi) is 8.28. The second kappa shape index (κ2) is 9.96. The maximum Gasteiger partial charge on any atom is 0.243 e. The van der Waals surface area contributed by atoms with Crippen molar-refractivity contribution in [3.8, 4) is 11.5 Å². The van der Waals surface area contributed by atoms with E-state index in [2.05, 4.69) is 10.6 Å². The zero-order valence-electron chi connectivity index (χ0n) is 13.5. The minimum Gasteiger partial charge on any atom is -0.497 e. The van der Waals surface area contributed by atoms with Crippen molar-refractivity contribution in [2.75, 3.05) is 38.1 Å². The average molecular weight is 341 g/mol. The number of hydrogen-bond donors (Lipinski definition) is 3. The van der Waals surface area contributed by atoms with E-state index in [-0.39, 0.29) is 18.4 Å². The molecule has 0 bridgehead atoms. The quantitative estimate of drug-likeness (QED) is 0.615. The molecule has 2 amide bonds. The van der Waals surface area contributed by atoms with Crippen LogP contribution in [0.2, 0.25) is 0 Å². The molecule has 0 fully saturated rings. The molecule has 0 heterocycles. The molecule has 8 heteroatoms. The average Bonchev–Trinajstić information content (AvgIpc) is 2.56. The summed E-state index contributed by atoms with van der Waals surface area (Å²) in [6, 6.07) is 4.41. The predicted molar refractivity (Wildman–Crippen MR) is 92.2 cm³/mol. The first kappa shape index (κ1) is 19.1. The van der Waals surface area contributed by atoms with Crippen molar-refractivity contribution in [3.63, 3.8) is 0 Å². The molecule has 0 saturated carbocycles. The third-order valence-corrected chi connectivity index (χ3v) is 3.67. The van der Waals surface area contributed by atoms with Gasteiger partial charge in [0.2, 0.25) is 11.8 Å². The van der Waals surface area contributed by atoms with Crippen molar-refractivity contribution in [1.29, 1.82) is 0 Å². The molecule has 0 radical (unpaired) electrons. The van der Waals surface area contributed by atoms with Gasteiger partial charge in [-0.15, -0.1) is 0 Å². The summed E-state index contributed by atoms with van der Waals surface area (Å²) in [5.74, 6) is 1.22. The van der Waals surface area contributed by atoms with Gasteiger partial charge in [-0.25, -0.2) is 0 Å². The zero-order valence-corrected chi connectivity index (χ0v) is 14.4. The number of carbonyl (C=O) groups excluding carboxylic acids is 2. The van der Waals surface area contributed by atoms with Crippen LogP contribution < -0.4 is 25.8 Å². The molecule has 0 aliphatic carbocycles. The van der Waals surface area contributed by atoms with Gasteiger partial charge in [-0.3, -0.25) is 9.59 Å². The Morgan fingerprint density at radius 1 is 1.22 bits per heavy atom. The minimum atomic E-state index is -0.604. The van der Waals surface area contributed by atoms with E-state index in [1.54, 1.807) is 30.0 Å². The predicted octanol–water partition coefficient (Wildman–Crippen LogP) is 0.839. The number of thioether (sulfide) groups is 1. The van der Waals surface area contributed by atoms with Crippen molar-refractivity contribution in [3.05, 3.63) is 18.2 Å². The van der Waals surface area contributed by atoms with Crippen LogP contribution in [-0.4, -0.2) is 50.6 Å². The topological polar surface area (TPSA) is 103 Å². The standard InChI is InChI=1S/C15H23N3O4S/c1-21-11-6-10(7-12(8-11)22-2)18-14(19)9-17-15(20)13(16)4-5-23-3/h6-8,13H,4-5,9,16H2,1-3H3,(H,17,20)(H,18,19)/t13-/m0/s1. The molecule has 0 spiro atoms. The van der Waals surface area contributed by atoms with Crippen molar-refractivity contribution < 1.29 is 19.1 Å². The van der Waals surface area contributed by atoms with E-state index < -0.39 is 6.04 Å². The lowest BCUT2D eigenvalue weighted by atomic mass is 10.2. The lowest BCUT2D eigenvalue weighted by molar-refractivity contribution is -0.125. The molecule has 4 N–H and O–H groups in total. The van der Waals surface area contributed by atoms with Crippen LogP contribution in [0.15, 0.2) is 18.2 Å². The lowest BCUT2D eigenvalue weighted by Crippen LogP contribution is -2.43. The molecule has 7 nitrogen and oxygen atoms in total. The number of nitrogens with two attached hydrogens (primary N) is 1. The van der Waals surface area contributed by atoms with Crippen LogP contribution in [-0.2, 0) is 9.59 Å². The summed E-state index contributed by atoms with van der Waals surface area (Å²) in [5.41, 5.74) is 6.25. The van der Waals surface area contributed by atoms with Gasteiger partial charge in [0.15, 0.2) is 0 Å². The van der Waals surface area contributed by atoms with Gasteiger partial charge in [-0.1, -0.05) is 0 Å². The van der Waals surface area contributed by atoms with Crippen molar-refractivity contribution in [2.24, 2.45) is 5.73 Å². The third kappa shape index (κ3) is 6.79. The van der Waals surface area contributed by atoms with Crippen LogP contribution in [0.4, 0.5) is 5.69 Å². The smallest absolute Gasteiger partial charge is 0.243 e. The Balaban J connectivity index is 2.52. The van der Waals surface area contributed by atoms with Gasteiger partial charge in [0.25, 0.3) is 0 Å². The fourth-order valence-electron chi connectivity index (χ4n) is 1.76. The summed E-state index contributed by atoms with van der Waals surface area (Å²) in [6.07, 6.45) is 2.52. The number of benzene rings is 1. The number of nitrogens with one attached hydrogen (secondary N) is 2. The molecule has 1 rings (SSSR count). The highest BCUT2D eigenvalue weighted by Gasteiger charge is 2.14. The first-order valence-corrected chi connectivity index (χ1v) is 8.44. The third-order valence-electron chi connectivity index (χ3n) is 3.03. The minimum absolute atomic E-state index is 0.147. The van der Waals surface area contributed by atoms with Crippen molar-refractivity contribution in [1.82, 2.24) is 5.32 Å². The van der Waals surface area contributed by atoms with Crippen molar-refractivity contribution >= 4 is 29.3 Å². The van der Waals surface area contributed by atoms with Crippen LogP contribution in [0.5, 0.6) is 11.5 Å². The van der Waals surface area contributed by atoms with Crippen molar-refractivity contribution in [2.45, 2.75) is 12.5 Å². The van der Waals surface area contributed by atoms with E-state index in [1.807, 2.05) is 6.26 Å². The normalized spacial score (nSPS) is 11.5. The van der Waals surface area contributed by atoms with Gasteiger partial charge < -0.3 is 25.8 Å². The summed E-state index contributed by atoms with van der Waals surface area (Å²) < 4.78 is 10.3. The van der Waals surface area contributed by atoms with Crippen LogP contribution in [0.3, 0.4) is 0 Å². The van der Waals surface area contributed by atoms with Gasteiger partial charge in [-0.05, 0) is 18.4 Å². The number of hydrogen-bond acceptors (Lipinski definition) is 6. The second-order valence-electron chi connectivity index (χ2n) is 4.76. The molecular formula is C15H23N3O4S. The SMILES string of the molecule is COc1cc(NC(=O)CNC(=O)[C@@H](N)CCSC)cc(OC)c1. The van der Waals surface area contributed by atoms with E-state index >= 15 is 0 Å². The first-order valence-electron chi connectivity index (χ1n) is 7.05. The van der Waals surface area contributed by atoms with Crippen LogP contribution in [0.1, 0.15) is 6.42 Å². The van der Waals surface area contributed by atoms with E-state index in [4.69, 9.17) is 15.2 Å². The summed E-state index contributed by atoms with van der Waals surface area (Å²) in [7, 11) is 3.05. The van der Waals surface area contributed by atoms with Crippen LogP contribution >= 0.6 is 11.8 Å². The lowest BCUT2D eigenvalue weighted by Gasteiger charge is -2.12. The van der Waals surface area contributed by atoms with E-state index in [0.717, 1.165) is 5.75 Å². The number of anilines is 1. The molecule has 1 atom stereocenters. The Morgan fingerprint density at radius 2 is 1.83 bits per heavy atom. The largest absolute Gasteiger partial charge is 0.497 e. The Morgan fingerprint density at radius 3 is 2.35 bits per heavy atom. The summed E-state index contributed by atoms with van der Waals surface area (Å²) in [6.45, 7) is -0.147. The van der Waals surface area contributed by atoms with E-state index in [0.29, 0.717) is 23.6 Å². The highest BCUT2D eigenvalue weighted by atomic mass is 32.2. The van der Waals surface area contributed by atoms with Gasteiger partial charge in [0, 0.05) is 23.9 Å². The fraction of sp³-hybridized carbons (Fsp3) is 0.467. The maximum absolute atomic E-state index is 11.9. The van der Waals surface area contributed by atoms with E-state index in [9.17, 15) is 9.59 Å². The molecule has 0 aromatic heterocycles. The number of methoxy groups -OCH3 is 2. The van der Waals surface area contributed by atoms with E-state index in [1.165, 1.54) is 14.2 Å². The highest BCUT2D eigenvalue weighted by Crippen LogP contribution is 2.25. The van der Waals surface area contributed by atoms with Gasteiger partial charge >= 0.3 is 0 Å². The Bertz CT molecular complexity index is 517. The number of rotatable bonds is 9. The Labute approximate surface area is 140 Å². The first-order chi connectivity index (χ1) is 11.0. The molecule has 128 valence electrons. The Hall–Kier alpha value is -1.93. The molecular weight excluding hydrogens is 318 g/mol. The second-order valence-corrected chi connectivity index (χ2v) is 5.74. The molecule has 1 aromatic carbocycles. The van der Waals surface area contributed by atoms with Crippen LogP contribution in [0, 0.1) is 0 Å². The van der Waals surface area contributed by atoms with Gasteiger partial charge in [-0.2, -0.15) is 11.8 Å². The molecule has 1 aromatic rings. The fourth-order valence-corrected chi connectivity index (χ4v) is 2.25. The number of ether oxygens (including phenoxy) is 2. The van der Waals surface area contributed by atoms with Crippen LogP contribution in [0.25, 0.3) is 0 Å². The molecule has 23 heavy (non-hydrogen) atoms. The van der Waals surface area contributed by atoms with Gasteiger partial charge in [0.05, 0.1) is 26.8 Å². The monoisotopic (exact) mass is 341 g/mol. The summed E-state index contributed by atoms with van der Waals surface area (Å²) in [4.78, 5) is 23.6. The highest BCUT2D eigenvalue weighted by molar-refractivity contribution is 7.98. The zero-order chi connectivity index (χ0) is 17.2. The molecule has 0 unspecified atom stereocenters. The number of amides is 2. The summed E-state index contributed by atoms with van der Waals surface area (Å²) >= 11 is 1.62. The molecule has 0 saturated heterocycles. The number of carbonyl (C=O) groups is 2. The van der Waals surface area contributed by atoms with Gasteiger partial charge in [0.1, 0.15) is 11.5 Å². The summed E-state index contributed by atoms with van der Waals surface area (Å²) in [5, 5.41) is 5.19.